The van der Waals surface area contributed by atoms with E-state index in [0.717, 1.165) is 33.5 Å². The SMILES string of the molecule is COc1ccc2nc(C(=O)NC(C)c3cc(C)ccc3OC)ccc2c1. The van der Waals surface area contributed by atoms with Crippen molar-refractivity contribution in [3.05, 3.63) is 65.4 Å². The number of aromatic nitrogens is 1. The number of amides is 1. The molecule has 2 aromatic carbocycles. The second-order valence-electron chi connectivity index (χ2n) is 6.20. The van der Waals surface area contributed by atoms with Crippen molar-refractivity contribution in [1.29, 1.82) is 0 Å². The molecule has 5 nitrogen and oxygen atoms in total. The van der Waals surface area contributed by atoms with Crippen LogP contribution in [0.3, 0.4) is 0 Å². The Morgan fingerprint density at radius 1 is 1.04 bits per heavy atom. The summed E-state index contributed by atoms with van der Waals surface area (Å²) in [5.74, 6) is 1.29. The molecule has 5 heteroatoms. The summed E-state index contributed by atoms with van der Waals surface area (Å²) in [4.78, 5) is 17.1. The minimum atomic E-state index is -0.223. The van der Waals surface area contributed by atoms with Crippen LogP contribution < -0.4 is 14.8 Å². The highest BCUT2D eigenvalue weighted by Gasteiger charge is 2.16. The topological polar surface area (TPSA) is 60.5 Å². The number of nitrogens with zero attached hydrogens (tertiary/aromatic N) is 1. The van der Waals surface area contributed by atoms with Crippen LogP contribution in [0, 0.1) is 6.92 Å². The predicted octanol–water partition coefficient (Wildman–Crippen LogP) is 4.05. The Hall–Kier alpha value is -3.08. The van der Waals surface area contributed by atoms with Crippen LogP contribution in [0.1, 0.15) is 34.6 Å². The van der Waals surface area contributed by atoms with Crippen LogP contribution in [0.25, 0.3) is 10.9 Å². The van der Waals surface area contributed by atoms with Crippen molar-refractivity contribution in [3.8, 4) is 11.5 Å². The van der Waals surface area contributed by atoms with Gasteiger partial charge in [0.25, 0.3) is 5.91 Å². The molecule has 1 heterocycles. The van der Waals surface area contributed by atoms with Gasteiger partial charge in [0.2, 0.25) is 0 Å². The van der Waals surface area contributed by atoms with E-state index in [9.17, 15) is 4.79 Å². The number of pyridine rings is 1. The lowest BCUT2D eigenvalue weighted by atomic mass is 10.0. The summed E-state index contributed by atoms with van der Waals surface area (Å²) in [6, 6.07) is 14.9. The molecule has 3 aromatic rings. The maximum absolute atomic E-state index is 12.6. The average Bonchev–Trinajstić information content (AvgIpc) is 2.66. The molecular formula is C21H22N2O3. The zero-order valence-corrected chi connectivity index (χ0v) is 15.4. The summed E-state index contributed by atoms with van der Waals surface area (Å²) in [6.45, 7) is 3.94. The molecule has 1 unspecified atom stereocenters. The van der Waals surface area contributed by atoms with Crippen LogP contribution in [-0.2, 0) is 0 Å². The summed E-state index contributed by atoms with van der Waals surface area (Å²) in [7, 11) is 3.25. The maximum Gasteiger partial charge on any atom is 0.270 e. The summed E-state index contributed by atoms with van der Waals surface area (Å²) in [5, 5.41) is 3.92. The van der Waals surface area contributed by atoms with E-state index in [2.05, 4.69) is 10.3 Å². The molecule has 0 aliphatic carbocycles. The number of hydrogen-bond acceptors (Lipinski definition) is 4. The monoisotopic (exact) mass is 350 g/mol. The van der Waals surface area contributed by atoms with Gasteiger partial charge in [0.1, 0.15) is 17.2 Å². The van der Waals surface area contributed by atoms with Crippen LogP contribution in [0.4, 0.5) is 0 Å². The Morgan fingerprint density at radius 2 is 1.85 bits per heavy atom. The fraction of sp³-hybridized carbons (Fsp3) is 0.238. The highest BCUT2D eigenvalue weighted by molar-refractivity contribution is 5.95. The van der Waals surface area contributed by atoms with Gasteiger partial charge in [0, 0.05) is 10.9 Å². The van der Waals surface area contributed by atoms with E-state index in [-0.39, 0.29) is 11.9 Å². The van der Waals surface area contributed by atoms with Gasteiger partial charge < -0.3 is 14.8 Å². The molecule has 0 fully saturated rings. The van der Waals surface area contributed by atoms with E-state index in [0.29, 0.717) is 5.69 Å². The lowest BCUT2D eigenvalue weighted by Gasteiger charge is -2.18. The molecule has 1 atom stereocenters. The molecule has 0 saturated heterocycles. The molecule has 1 amide bonds. The van der Waals surface area contributed by atoms with Gasteiger partial charge in [-0.2, -0.15) is 0 Å². The summed E-state index contributed by atoms with van der Waals surface area (Å²) in [6.07, 6.45) is 0. The number of carbonyl (C=O) groups is 1. The van der Waals surface area contributed by atoms with Crippen LogP contribution in [0.2, 0.25) is 0 Å². The van der Waals surface area contributed by atoms with E-state index in [1.54, 1.807) is 20.3 Å². The van der Waals surface area contributed by atoms with Gasteiger partial charge in [-0.15, -0.1) is 0 Å². The average molecular weight is 350 g/mol. The third kappa shape index (κ3) is 3.61. The van der Waals surface area contributed by atoms with E-state index in [1.165, 1.54) is 0 Å². The summed E-state index contributed by atoms with van der Waals surface area (Å²) in [5.41, 5.74) is 3.17. The highest BCUT2D eigenvalue weighted by atomic mass is 16.5. The van der Waals surface area contributed by atoms with Gasteiger partial charge in [-0.1, -0.05) is 23.8 Å². The number of methoxy groups -OCH3 is 2. The first-order valence-electron chi connectivity index (χ1n) is 8.42. The summed E-state index contributed by atoms with van der Waals surface area (Å²) < 4.78 is 10.6. The van der Waals surface area contributed by atoms with Crippen LogP contribution in [0.5, 0.6) is 11.5 Å². The first kappa shape index (κ1) is 17.7. The van der Waals surface area contributed by atoms with Gasteiger partial charge in [-0.3, -0.25) is 4.79 Å². The number of benzene rings is 2. The zero-order chi connectivity index (χ0) is 18.7. The largest absolute Gasteiger partial charge is 0.497 e. The van der Waals surface area contributed by atoms with Crippen molar-refractivity contribution in [2.24, 2.45) is 0 Å². The van der Waals surface area contributed by atoms with Crippen LogP contribution in [0.15, 0.2) is 48.5 Å². The molecule has 134 valence electrons. The quantitative estimate of drug-likeness (QED) is 0.754. The van der Waals surface area contributed by atoms with E-state index < -0.39 is 0 Å². The molecule has 0 aliphatic heterocycles. The Balaban J connectivity index is 1.83. The molecule has 0 saturated carbocycles. The van der Waals surface area contributed by atoms with Crippen molar-refractivity contribution >= 4 is 16.8 Å². The van der Waals surface area contributed by atoms with Gasteiger partial charge in [-0.25, -0.2) is 4.98 Å². The number of rotatable bonds is 5. The standard InChI is InChI=1S/C21H22N2O3/c1-13-5-10-20(26-4)17(11-13)14(2)22-21(24)19-8-6-15-12-16(25-3)7-9-18(15)23-19/h5-12,14H,1-4H3,(H,22,24). The van der Waals surface area contributed by atoms with E-state index in [4.69, 9.17) is 9.47 Å². The number of nitrogens with one attached hydrogen (secondary N) is 1. The fourth-order valence-corrected chi connectivity index (χ4v) is 2.90. The van der Waals surface area contributed by atoms with Gasteiger partial charge in [0.05, 0.1) is 25.8 Å². The third-order valence-electron chi connectivity index (χ3n) is 4.33. The Bertz CT molecular complexity index is 953. The molecule has 3 rings (SSSR count). The second kappa shape index (κ2) is 7.44. The number of carbonyl (C=O) groups excluding carboxylic acids is 1. The molecule has 0 aliphatic rings. The highest BCUT2D eigenvalue weighted by Crippen LogP contribution is 2.26. The molecule has 26 heavy (non-hydrogen) atoms. The van der Waals surface area contributed by atoms with E-state index in [1.807, 2.05) is 56.3 Å². The van der Waals surface area contributed by atoms with E-state index >= 15 is 0 Å². The minimum Gasteiger partial charge on any atom is -0.497 e. The normalized spacial score (nSPS) is 11.8. The summed E-state index contributed by atoms with van der Waals surface area (Å²) >= 11 is 0. The predicted molar refractivity (Wildman–Crippen MR) is 102 cm³/mol. The lowest BCUT2D eigenvalue weighted by molar-refractivity contribution is 0.0935. The van der Waals surface area contributed by atoms with Crippen molar-refractivity contribution in [1.82, 2.24) is 10.3 Å². The van der Waals surface area contributed by atoms with Crippen molar-refractivity contribution in [2.45, 2.75) is 19.9 Å². The molecular weight excluding hydrogens is 328 g/mol. The minimum absolute atomic E-state index is 0.203. The number of hydrogen-bond donors (Lipinski definition) is 1. The van der Waals surface area contributed by atoms with Gasteiger partial charge in [0.15, 0.2) is 0 Å². The Kier molecular flexibility index (Phi) is 5.07. The van der Waals surface area contributed by atoms with Crippen molar-refractivity contribution < 1.29 is 14.3 Å². The molecule has 1 N–H and O–H groups in total. The number of aryl methyl sites for hydroxylation is 1. The molecule has 0 radical (unpaired) electrons. The first-order chi connectivity index (χ1) is 12.5. The maximum atomic E-state index is 12.6. The van der Waals surface area contributed by atoms with Crippen LogP contribution >= 0.6 is 0 Å². The zero-order valence-electron chi connectivity index (χ0n) is 15.4. The van der Waals surface area contributed by atoms with Crippen molar-refractivity contribution in [3.63, 3.8) is 0 Å². The molecule has 1 aromatic heterocycles. The van der Waals surface area contributed by atoms with Gasteiger partial charge in [-0.05, 0) is 44.2 Å². The van der Waals surface area contributed by atoms with Crippen LogP contribution in [-0.4, -0.2) is 25.1 Å². The fourth-order valence-electron chi connectivity index (χ4n) is 2.90. The second-order valence-corrected chi connectivity index (χ2v) is 6.20. The lowest BCUT2D eigenvalue weighted by Crippen LogP contribution is -2.27. The first-order valence-corrected chi connectivity index (χ1v) is 8.42. The van der Waals surface area contributed by atoms with Crippen molar-refractivity contribution in [2.75, 3.05) is 14.2 Å². The molecule has 0 spiro atoms. The third-order valence-corrected chi connectivity index (χ3v) is 4.33. The Labute approximate surface area is 153 Å². The smallest absolute Gasteiger partial charge is 0.270 e. The van der Waals surface area contributed by atoms with Gasteiger partial charge >= 0.3 is 0 Å². The number of fused-ring (bicyclic) bond motifs is 1. The molecule has 0 bridgehead atoms. The Morgan fingerprint density at radius 3 is 2.58 bits per heavy atom. The number of ether oxygens (including phenoxy) is 2.